The van der Waals surface area contributed by atoms with Crippen molar-refractivity contribution in [1.29, 1.82) is 0 Å². The lowest BCUT2D eigenvalue weighted by atomic mass is 10.2. The first kappa shape index (κ1) is 18.8. The molecule has 1 aliphatic carbocycles. The zero-order valence-electron chi connectivity index (χ0n) is 15.3. The summed E-state index contributed by atoms with van der Waals surface area (Å²) in [5, 5.41) is 6.43. The van der Waals surface area contributed by atoms with Gasteiger partial charge in [0.05, 0.1) is 18.5 Å². The maximum Gasteiger partial charge on any atom is 0.255 e. The van der Waals surface area contributed by atoms with Gasteiger partial charge in [0.25, 0.3) is 5.91 Å². The Morgan fingerprint density at radius 1 is 1.25 bits per heavy atom. The van der Waals surface area contributed by atoms with Crippen LogP contribution in [0.2, 0.25) is 5.02 Å². The normalized spacial score (nSPS) is 13.2. The Morgan fingerprint density at radius 3 is 2.75 bits per heavy atom. The Morgan fingerprint density at radius 2 is 2.04 bits per heavy atom. The smallest absolute Gasteiger partial charge is 0.255 e. The first-order valence-corrected chi connectivity index (χ1v) is 10.2. The Kier molecular flexibility index (Phi) is 5.50. The lowest BCUT2D eigenvalue weighted by Gasteiger charge is -2.11. The number of nitrogens with zero attached hydrogens (tertiary/aromatic N) is 1. The van der Waals surface area contributed by atoms with Crippen LogP contribution >= 0.6 is 22.9 Å². The molecule has 1 heterocycles. The topological polar surface area (TPSA) is 60.5 Å². The summed E-state index contributed by atoms with van der Waals surface area (Å²) >= 11 is 7.63. The van der Waals surface area contributed by atoms with E-state index in [1.54, 1.807) is 60.9 Å². The van der Waals surface area contributed by atoms with Crippen LogP contribution in [0.3, 0.4) is 0 Å². The van der Waals surface area contributed by atoms with Gasteiger partial charge in [0.15, 0.2) is 0 Å². The first-order chi connectivity index (χ1) is 13.6. The summed E-state index contributed by atoms with van der Waals surface area (Å²) in [5.74, 6) is 1.65. The number of thiazole rings is 1. The number of benzene rings is 2. The summed E-state index contributed by atoms with van der Waals surface area (Å²) in [6.07, 6.45) is 2.49. The summed E-state index contributed by atoms with van der Waals surface area (Å²) in [5.41, 5.74) is 2.22. The molecule has 0 bridgehead atoms. The number of nitrogens with one attached hydrogen (secondary N) is 1. The molecule has 1 fully saturated rings. The van der Waals surface area contributed by atoms with Crippen molar-refractivity contribution >= 4 is 34.5 Å². The van der Waals surface area contributed by atoms with Gasteiger partial charge in [-0.3, -0.25) is 4.79 Å². The number of rotatable bonds is 7. The summed E-state index contributed by atoms with van der Waals surface area (Å²) in [6.45, 7) is 0.433. The van der Waals surface area contributed by atoms with Crippen LogP contribution in [-0.2, 0) is 6.61 Å². The highest BCUT2D eigenvalue weighted by atomic mass is 35.5. The molecule has 144 valence electrons. The second-order valence-corrected chi connectivity index (χ2v) is 7.93. The molecule has 0 spiro atoms. The average molecular weight is 415 g/mol. The third-order valence-corrected chi connectivity index (χ3v) is 5.53. The first-order valence-electron chi connectivity index (χ1n) is 8.94. The van der Waals surface area contributed by atoms with Crippen molar-refractivity contribution in [3.05, 3.63) is 69.1 Å². The molecular formula is C21H19ClN2O3S. The second kappa shape index (κ2) is 8.20. The van der Waals surface area contributed by atoms with Gasteiger partial charge in [-0.15, -0.1) is 11.3 Å². The molecule has 2 aromatic carbocycles. The molecule has 0 atom stereocenters. The lowest BCUT2D eigenvalue weighted by molar-refractivity contribution is 0.102. The third kappa shape index (κ3) is 4.46. The number of ether oxygens (including phenoxy) is 2. The van der Waals surface area contributed by atoms with E-state index in [-0.39, 0.29) is 5.91 Å². The van der Waals surface area contributed by atoms with Gasteiger partial charge in [-0.25, -0.2) is 4.98 Å². The number of hydrogen-bond donors (Lipinski definition) is 1. The molecule has 1 amide bonds. The van der Waals surface area contributed by atoms with Crippen molar-refractivity contribution < 1.29 is 14.3 Å². The molecule has 1 N–H and O–H groups in total. The molecule has 1 aliphatic rings. The third-order valence-electron chi connectivity index (χ3n) is 4.45. The zero-order chi connectivity index (χ0) is 19.5. The molecule has 0 radical (unpaired) electrons. The molecule has 28 heavy (non-hydrogen) atoms. The fourth-order valence-corrected chi connectivity index (χ4v) is 3.74. The number of anilines is 1. The number of aromatic nitrogens is 1. The molecule has 3 aromatic rings. The summed E-state index contributed by atoms with van der Waals surface area (Å²) in [6, 6.07) is 12.1. The van der Waals surface area contributed by atoms with E-state index in [0.29, 0.717) is 40.3 Å². The molecule has 7 heteroatoms. The lowest BCUT2D eigenvalue weighted by Crippen LogP contribution is -2.12. The highest BCUT2D eigenvalue weighted by Crippen LogP contribution is 2.40. The number of halogens is 1. The average Bonchev–Trinajstić information content (AvgIpc) is 3.45. The van der Waals surface area contributed by atoms with Crippen LogP contribution in [0, 0.1) is 0 Å². The minimum Gasteiger partial charge on any atom is -0.495 e. The van der Waals surface area contributed by atoms with Gasteiger partial charge in [-0.05, 0) is 55.3 Å². The summed E-state index contributed by atoms with van der Waals surface area (Å²) in [7, 11) is 1.54. The van der Waals surface area contributed by atoms with E-state index < -0.39 is 0 Å². The Labute approximate surface area is 172 Å². The minimum atomic E-state index is -0.249. The van der Waals surface area contributed by atoms with E-state index in [4.69, 9.17) is 21.1 Å². The van der Waals surface area contributed by atoms with Crippen LogP contribution in [0.25, 0.3) is 0 Å². The predicted molar refractivity (Wildman–Crippen MR) is 111 cm³/mol. The molecule has 1 aromatic heterocycles. The fraction of sp³-hybridized carbons (Fsp3) is 0.238. The van der Waals surface area contributed by atoms with Crippen LogP contribution < -0.4 is 14.8 Å². The van der Waals surface area contributed by atoms with Crippen molar-refractivity contribution in [3.63, 3.8) is 0 Å². The van der Waals surface area contributed by atoms with Crippen molar-refractivity contribution in [2.45, 2.75) is 25.4 Å². The van der Waals surface area contributed by atoms with E-state index in [9.17, 15) is 4.79 Å². The van der Waals surface area contributed by atoms with Gasteiger partial charge >= 0.3 is 0 Å². The van der Waals surface area contributed by atoms with Crippen LogP contribution in [0.15, 0.2) is 47.8 Å². The maximum atomic E-state index is 12.5. The van der Waals surface area contributed by atoms with Crippen molar-refractivity contribution in [3.8, 4) is 11.5 Å². The van der Waals surface area contributed by atoms with Gasteiger partial charge in [-0.2, -0.15) is 0 Å². The highest BCUT2D eigenvalue weighted by molar-refractivity contribution is 7.09. The molecule has 5 nitrogen and oxygen atoms in total. The van der Waals surface area contributed by atoms with Crippen molar-refractivity contribution in [2.24, 2.45) is 0 Å². The maximum absolute atomic E-state index is 12.5. The van der Waals surface area contributed by atoms with Crippen LogP contribution in [0.5, 0.6) is 11.5 Å². The van der Waals surface area contributed by atoms with E-state index in [2.05, 4.69) is 15.7 Å². The summed E-state index contributed by atoms with van der Waals surface area (Å²) < 4.78 is 11.0. The molecule has 0 aliphatic heterocycles. The number of carbonyl (C=O) groups is 1. The largest absolute Gasteiger partial charge is 0.495 e. The fourth-order valence-electron chi connectivity index (χ4n) is 2.78. The molecule has 1 saturated carbocycles. The monoisotopic (exact) mass is 414 g/mol. The predicted octanol–water partition coefficient (Wildman–Crippen LogP) is 5.51. The van der Waals surface area contributed by atoms with Crippen LogP contribution in [0.1, 0.15) is 39.8 Å². The quantitative estimate of drug-likeness (QED) is 0.553. The number of carbonyl (C=O) groups excluding carboxylic acids is 1. The second-order valence-electron chi connectivity index (χ2n) is 6.55. The Bertz CT molecular complexity index is 984. The SMILES string of the molecule is COc1ccc(Cl)cc1NC(=O)c1ccc(OCc2nc(C3CC3)cs2)cc1. The van der Waals surface area contributed by atoms with E-state index in [0.717, 1.165) is 5.01 Å². The number of amides is 1. The van der Waals surface area contributed by atoms with Gasteiger partial charge < -0.3 is 14.8 Å². The van der Waals surface area contributed by atoms with Crippen LogP contribution in [-0.4, -0.2) is 18.0 Å². The number of hydrogen-bond acceptors (Lipinski definition) is 5. The molecule has 0 unspecified atom stereocenters. The van der Waals surface area contributed by atoms with Gasteiger partial charge in [0, 0.05) is 21.9 Å². The highest BCUT2D eigenvalue weighted by Gasteiger charge is 2.26. The van der Waals surface area contributed by atoms with Crippen LogP contribution in [0.4, 0.5) is 5.69 Å². The zero-order valence-corrected chi connectivity index (χ0v) is 16.8. The Balaban J connectivity index is 1.36. The van der Waals surface area contributed by atoms with E-state index in [1.165, 1.54) is 18.5 Å². The van der Waals surface area contributed by atoms with Gasteiger partial charge in [0.1, 0.15) is 23.1 Å². The van der Waals surface area contributed by atoms with Crippen molar-refractivity contribution in [2.75, 3.05) is 12.4 Å². The summed E-state index contributed by atoms with van der Waals surface area (Å²) in [4.78, 5) is 17.1. The molecular weight excluding hydrogens is 396 g/mol. The van der Waals surface area contributed by atoms with Gasteiger partial charge in [0.2, 0.25) is 0 Å². The Hall–Kier alpha value is -2.57. The molecule has 4 rings (SSSR count). The van der Waals surface area contributed by atoms with E-state index >= 15 is 0 Å². The number of methoxy groups -OCH3 is 1. The minimum absolute atomic E-state index is 0.249. The molecule has 0 saturated heterocycles. The van der Waals surface area contributed by atoms with Crippen molar-refractivity contribution in [1.82, 2.24) is 4.98 Å². The standard InChI is InChI=1S/C21H19ClN2O3S/c1-26-19-9-6-15(22)10-17(19)24-21(25)14-4-7-16(8-5-14)27-11-20-23-18(12-28-20)13-2-3-13/h4-10,12-13H,2-3,11H2,1H3,(H,24,25). The van der Waals surface area contributed by atoms with Gasteiger partial charge in [-0.1, -0.05) is 11.6 Å². The van der Waals surface area contributed by atoms with E-state index in [1.807, 2.05) is 0 Å².